The maximum atomic E-state index is 10.00. The predicted octanol–water partition coefficient (Wildman–Crippen LogP) is 4.52. The Bertz CT molecular complexity index is 161. The summed E-state index contributed by atoms with van der Waals surface area (Å²) in [4.78, 5) is 10.00. The number of rotatable bonds is 10. The third kappa shape index (κ3) is 11.3. The molecule has 1 unspecified atom stereocenters. The lowest BCUT2D eigenvalue weighted by Crippen LogP contribution is -1.94. The van der Waals surface area contributed by atoms with Crippen molar-refractivity contribution in [3.63, 3.8) is 0 Å². The molecule has 0 heterocycles. The molecule has 1 nitrogen and oxygen atoms in total. The van der Waals surface area contributed by atoms with Gasteiger partial charge in [0.25, 0.3) is 0 Å². The molecule has 0 aliphatic carbocycles. The Hall–Kier alpha value is -0.590. The molecule has 0 aliphatic rings. The Morgan fingerprint density at radius 2 is 1.80 bits per heavy atom. The number of carbonyl (C=O) groups excluding carboxylic acids is 1. The van der Waals surface area contributed by atoms with Crippen LogP contribution < -0.4 is 0 Å². The molecule has 1 heteroatoms. The summed E-state index contributed by atoms with van der Waals surface area (Å²) in [5.41, 5.74) is 0. The van der Waals surface area contributed by atoms with Crippen LogP contribution in [0.1, 0.15) is 65.2 Å². The van der Waals surface area contributed by atoms with Gasteiger partial charge in [0.1, 0.15) is 6.29 Å². The Morgan fingerprint density at radius 3 is 2.47 bits per heavy atom. The maximum absolute atomic E-state index is 10.00. The SMILES string of the molecule is CCCCC(C)CCCCC/C=C/C=O. The van der Waals surface area contributed by atoms with Gasteiger partial charge in [-0.15, -0.1) is 0 Å². The van der Waals surface area contributed by atoms with Crippen LogP contribution in [0.3, 0.4) is 0 Å². The normalized spacial score (nSPS) is 13.2. The summed E-state index contributed by atoms with van der Waals surface area (Å²) < 4.78 is 0. The first-order valence-electron chi connectivity index (χ1n) is 6.41. The number of carbonyl (C=O) groups is 1. The van der Waals surface area contributed by atoms with Crippen LogP contribution in [0.4, 0.5) is 0 Å². The summed E-state index contributed by atoms with van der Waals surface area (Å²) in [7, 11) is 0. The lowest BCUT2D eigenvalue weighted by atomic mass is 9.97. The molecule has 0 aromatic carbocycles. The lowest BCUT2D eigenvalue weighted by molar-refractivity contribution is -0.104. The topological polar surface area (TPSA) is 17.1 Å². The molecular formula is C14H26O. The maximum Gasteiger partial charge on any atom is 0.142 e. The molecule has 0 fully saturated rings. The van der Waals surface area contributed by atoms with E-state index < -0.39 is 0 Å². The number of aldehydes is 1. The first-order valence-corrected chi connectivity index (χ1v) is 6.41. The van der Waals surface area contributed by atoms with Crippen molar-refractivity contribution in [2.45, 2.75) is 65.2 Å². The van der Waals surface area contributed by atoms with Gasteiger partial charge in [-0.25, -0.2) is 0 Å². The van der Waals surface area contributed by atoms with E-state index in [0.29, 0.717) is 0 Å². The van der Waals surface area contributed by atoms with Crippen LogP contribution in [0.5, 0.6) is 0 Å². The van der Waals surface area contributed by atoms with Gasteiger partial charge in [0.15, 0.2) is 0 Å². The minimum Gasteiger partial charge on any atom is -0.299 e. The average Bonchev–Trinajstić information content (AvgIpc) is 2.25. The van der Waals surface area contributed by atoms with E-state index in [-0.39, 0.29) is 0 Å². The third-order valence-corrected chi connectivity index (χ3v) is 2.83. The third-order valence-electron chi connectivity index (χ3n) is 2.83. The van der Waals surface area contributed by atoms with Crippen LogP contribution in [0.25, 0.3) is 0 Å². The van der Waals surface area contributed by atoms with Crippen molar-refractivity contribution in [1.82, 2.24) is 0 Å². The molecule has 15 heavy (non-hydrogen) atoms. The van der Waals surface area contributed by atoms with Crippen LogP contribution in [-0.2, 0) is 4.79 Å². The number of hydrogen-bond acceptors (Lipinski definition) is 1. The molecular weight excluding hydrogens is 184 g/mol. The predicted molar refractivity (Wildman–Crippen MR) is 67.0 cm³/mol. The highest BCUT2D eigenvalue weighted by Gasteiger charge is 2.00. The Kier molecular flexibility index (Phi) is 11.0. The average molecular weight is 210 g/mol. The standard InChI is InChI=1S/C14H26O/c1-3-4-11-14(2)12-9-7-5-6-8-10-13-15/h8,10,13-14H,3-7,9,11-12H2,1-2H3/b10-8+. The van der Waals surface area contributed by atoms with E-state index >= 15 is 0 Å². The molecule has 0 radical (unpaired) electrons. The smallest absolute Gasteiger partial charge is 0.142 e. The van der Waals surface area contributed by atoms with Crippen LogP contribution in [-0.4, -0.2) is 6.29 Å². The minimum absolute atomic E-state index is 0.854. The van der Waals surface area contributed by atoms with Crippen LogP contribution >= 0.6 is 0 Å². The van der Waals surface area contributed by atoms with Gasteiger partial charge in [-0.2, -0.15) is 0 Å². The fourth-order valence-electron chi connectivity index (χ4n) is 1.78. The summed E-state index contributed by atoms with van der Waals surface area (Å²) in [5.74, 6) is 0.899. The first kappa shape index (κ1) is 14.4. The highest BCUT2D eigenvalue weighted by Crippen LogP contribution is 2.16. The molecule has 1 atom stereocenters. The van der Waals surface area contributed by atoms with Crippen LogP contribution in [0.2, 0.25) is 0 Å². The zero-order valence-electron chi connectivity index (χ0n) is 10.4. The largest absolute Gasteiger partial charge is 0.299 e. The number of allylic oxidation sites excluding steroid dienone is 2. The molecule has 0 saturated carbocycles. The quantitative estimate of drug-likeness (QED) is 0.294. The van der Waals surface area contributed by atoms with Gasteiger partial charge in [0, 0.05) is 0 Å². The van der Waals surface area contributed by atoms with Crippen molar-refractivity contribution in [3.8, 4) is 0 Å². The van der Waals surface area contributed by atoms with Gasteiger partial charge in [-0.1, -0.05) is 58.4 Å². The van der Waals surface area contributed by atoms with Gasteiger partial charge >= 0.3 is 0 Å². The van der Waals surface area contributed by atoms with Crippen molar-refractivity contribution in [1.29, 1.82) is 0 Å². The van der Waals surface area contributed by atoms with Crippen molar-refractivity contribution in [2.75, 3.05) is 0 Å². The van der Waals surface area contributed by atoms with E-state index in [0.717, 1.165) is 18.6 Å². The van der Waals surface area contributed by atoms with E-state index in [1.165, 1.54) is 44.9 Å². The second-order valence-corrected chi connectivity index (χ2v) is 4.45. The van der Waals surface area contributed by atoms with E-state index in [4.69, 9.17) is 0 Å². The monoisotopic (exact) mass is 210 g/mol. The number of hydrogen-bond donors (Lipinski definition) is 0. The van der Waals surface area contributed by atoms with E-state index in [1.807, 2.05) is 6.08 Å². The molecule has 0 rings (SSSR count). The molecule has 0 amide bonds. The van der Waals surface area contributed by atoms with E-state index in [1.54, 1.807) is 6.08 Å². The highest BCUT2D eigenvalue weighted by atomic mass is 16.1. The second-order valence-electron chi connectivity index (χ2n) is 4.45. The fraction of sp³-hybridized carbons (Fsp3) is 0.786. The van der Waals surface area contributed by atoms with Gasteiger partial charge in [0.05, 0.1) is 0 Å². The van der Waals surface area contributed by atoms with Gasteiger partial charge < -0.3 is 0 Å². The zero-order valence-corrected chi connectivity index (χ0v) is 10.4. The summed E-state index contributed by atoms with van der Waals surface area (Å²) in [6, 6.07) is 0. The summed E-state index contributed by atoms with van der Waals surface area (Å²) in [6.07, 6.45) is 14.8. The summed E-state index contributed by atoms with van der Waals surface area (Å²) in [5, 5.41) is 0. The molecule has 0 saturated heterocycles. The van der Waals surface area contributed by atoms with E-state index in [2.05, 4.69) is 13.8 Å². The molecule has 0 N–H and O–H groups in total. The zero-order chi connectivity index (χ0) is 11.4. The van der Waals surface area contributed by atoms with Crippen molar-refractivity contribution in [2.24, 2.45) is 5.92 Å². The van der Waals surface area contributed by atoms with E-state index in [9.17, 15) is 4.79 Å². The summed E-state index contributed by atoms with van der Waals surface area (Å²) in [6.45, 7) is 4.62. The van der Waals surface area contributed by atoms with Gasteiger partial charge in [0.2, 0.25) is 0 Å². The molecule has 0 aromatic rings. The molecule has 0 bridgehead atoms. The first-order chi connectivity index (χ1) is 7.31. The van der Waals surface area contributed by atoms with Crippen molar-refractivity contribution in [3.05, 3.63) is 12.2 Å². The van der Waals surface area contributed by atoms with Crippen LogP contribution in [0.15, 0.2) is 12.2 Å². The van der Waals surface area contributed by atoms with Crippen molar-refractivity contribution < 1.29 is 4.79 Å². The minimum atomic E-state index is 0.854. The highest BCUT2D eigenvalue weighted by molar-refractivity contribution is 5.64. The van der Waals surface area contributed by atoms with Gasteiger partial charge in [-0.3, -0.25) is 4.79 Å². The molecule has 0 aliphatic heterocycles. The summed E-state index contributed by atoms with van der Waals surface area (Å²) >= 11 is 0. The fourth-order valence-corrected chi connectivity index (χ4v) is 1.78. The van der Waals surface area contributed by atoms with Crippen molar-refractivity contribution >= 4 is 6.29 Å². The molecule has 0 aromatic heterocycles. The van der Waals surface area contributed by atoms with Gasteiger partial charge in [-0.05, 0) is 24.8 Å². The lowest BCUT2D eigenvalue weighted by Gasteiger charge is -2.09. The Balaban J connectivity index is 3.15. The second kappa shape index (κ2) is 11.5. The van der Waals surface area contributed by atoms with Crippen LogP contribution in [0, 0.1) is 5.92 Å². The Labute approximate surface area is 95.0 Å². The Morgan fingerprint density at radius 1 is 1.07 bits per heavy atom. The molecule has 0 spiro atoms. The number of unbranched alkanes of at least 4 members (excludes halogenated alkanes) is 4. The molecule has 88 valence electrons.